The Hall–Kier alpha value is -1.06. The average molecular weight is 196 g/mol. The van der Waals surface area contributed by atoms with E-state index < -0.39 is 6.10 Å². The number of hydrogen-bond donors (Lipinski definition) is 2. The molecule has 0 bridgehead atoms. The zero-order valence-corrected chi connectivity index (χ0v) is 8.47. The van der Waals surface area contributed by atoms with Gasteiger partial charge in [0, 0.05) is 5.56 Å². The molecular weight excluding hydrogens is 180 g/mol. The van der Waals surface area contributed by atoms with Crippen molar-refractivity contribution in [2.75, 3.05) is 6.61 Å². The molecule has 0 aromatic heterocycles. The van der Waals surface area contributed by atoms with Crippen LogP contribution in [0.4, 0.5) is 0 Å². The summed E-state index contributed by atoms with van der Waals surface area (Å²) in [5.74, 6) is 0.104. The molecule has 3 heteroatoms. The van der Waals surface area contributed by atoms with Crippen molar-refractivity contribution >= 4 is 0 Å². The molecule has 0 saturated heterocycles. The summed E-state index contributed by atoms with van der Waals surface area (Å²) in [6, 6.07) is 6.72. The number of aliphatic hydroxyl groups is 1. The van der Waals surface area contributed by atoms with Crippen molar-refractivity contribution < 1.29 is 14.9 Å². The minimum atomic E-state index is -0.765. The van der Waals surface area contributed by atoms with Crippen molar-refractivity contribution in [3.05, 3.63) is 29.8 Å². The summed E-state index contributed by atoms with van der Waals surface area (Å²) >= 11 is 0. The second kappa shape index (κ2) is 4.98. The van der Waals surface area contributed by atoms with Gasteiger partial charge in [0.15, 0.2) is 0 Å². The summed E-state index contributed by atoms with van der Waals surface area (Å²) in [6.07, 6.45) is -0.686. The molecule has 2 N–H and O–H groups in total. The summed E-state index contributed by atoms with van der Waals surface area (Å²) in [4.78, 5) is 0. The fourth-order valence-corrected chi connectivity index (χ4v) is 1.14. The van der Waals surface area contributed by atoms with Crippen molar-refractivity contribution in [1.82, 2.24) is 0 Å². The maximum absolute atomic E-state index is 9.67. The number of rotatable bonds is 4. The maximum atomic E-state index is 9.67. The topological polar surface area (TPSA) is 49.7 Å². The number of benzene rings is 1. The van der Waals surface area contributed by atoms with Crippen LogP contribution in [0.3, 0.4) is 0 Å². The van der Waals surface area contributed by atoms with Crippen LogP contribution in [0.15, 0.2) is 24.3 Å². The normalized spacial score (nSPS) is 13.1. The van der Waals surface area contributed by atoms with Gasteiger partial charge in [-0.2, -0.15) is 0 Å². The second-order valence-electron chi connectivity index (χ2n) is 3.46. The van der Waals surface area contributed by atoms with Crippen molar-refractivity contribution in [3.63, 3.8) is 0 Å². The first-order valence-corrected chi connectivity index (χ1v) is 4.69. The van der Waals surface area contributed by atoms with Crippen LogP contribution in [-0.4, -0.2) is 22.9 Å². The Morgan fingerprint density at radius 1 is 1.29 bits per heavy atom. The van der Waals surface area contributed by atoms with Gasteiger partial charge in [-0.15, -0.1) is 0 Å². The highest BCUT2D eigenvalue weighted by Crippen LogP contribution is 2.23. The molecular formula is C11H16O3. The van der Waals surface area contributed by atoms with Gasteiger partial charge in [0.05, 0.1) is 12.7 Å². The minimum absolute atomic E-state index is 0.0792. The van der Waals surface area contributed by atoms with Crippen molar-refractivity contribution in [2.24, 2.45) is 0 Å². The lowest BCUT2D eigenvalue weighted by Crippen LogP contribution is -2.11. The lowest BCUT2D eigenvalue weighted by molar-refractivity contribution is 0.00410. The Morgan fingerprint density at radius 2 is 1.93 bits per heavy atom. The van der Waals surface area contributed by atoms with E-state index >= 15 is 0 Å². The van der Waals surface area contributed by atoms with E-state index in [-0.39, 0.29) is 18.5 Å². The largest absolute Gasteiger partial charge is 0.508 e. The Bertz CT molecular complexity index is 284. The minimum Gasteiger partial charge on any atom is -0.508 e. The Kier molecular flexibility index (Phi) is 3.92. The van der Waals surface area contributed by atoms with E-state index in [1.54, 1.807) is 24.3 Å². The van der Waals surface area contributed by atoms with Gasteiger partial charge in [-0.1, -0.05) is 18.2 Å². The van der Waals surface area contributed by atoms with Gasteiger partial charge >= 0.3 is 0 Å². The van der Waals surface area contributed by atoms with Crippen LogP contribution in [-0.2, 0) is 4.74 Å². The summed E-state index contributed by atoms with van der Waals surface area (Å²) in [6.45, 7) is 4.00. The van der Waals surface area contributed by atoms with Gasteiger partial charge < -0.3 is 14.9 Å². The van der Waals surface area contributed by atoms with Gasteiger partial charge in [0.25, 0.3) is 0 Å². The number of para-hydroxylation sites is 1. The lowest BCUT2D eigenvalue weighted by atomic mass is 10.1. The highest BCUT2D eigenvalue weighted by atomic mass is 16.5. The Labute approximate surface area is 84.0 Å². The standard InChI is InChI=1S/C11H16O3/c1-8(2)14-7-11(13)9-5-3-4-6-10(9)12/h3-6,8,11-13H,7H2,1-2H3. The van der Waals surface area contributed by atoms with E-state index in [2.05, 4.69) is 0 Å². The van der Waals surface area contributed by atoms with Crippen LogP contribution in [0.2, 0.25) is 0 Å². The monoisotopic (exact) mass is 196 g/mol. The average Bonchev–Trinajstić information content (AvgIpc) is 2.15. The van der Waals surface area contributed by atoms with Crippen LogP contribution in [0, 0.1) is 0 Å². The third-order valence-electron chi connectivity index (χ3n) is 1.88. The molecule has 0 amide bonds. The first kappa shape index (κ1) is 11.0. The third kappa shape index (κ3) is 3.01. The summed E-state index contributed by atoms with van der Waals surface area (Å²) in [7, 11) is 0. The quantitative estimate of drug-likeness (QED) is 0.772. The predicted octanol–water partition coefficient (Wildman–Crippen LogP) is 1.85. The molecule has 0 fully saturated rings. The molecule has 1 rings (SSSR count). The number of aliphatic hydroxyl groups excluding tert-OH is 1. The van der Waals surface area contributed by atoms with Crippen molar-refractivity contribution in [3.8, 4) is 5.75 Å². The first-order valence-electron chi connectivity index (χ1n) is 4.69. The molecule has 1 aromatic carbocycles. The Balaban J connectivity index is 2.60. The van der Waals surface area contributed by atoms with Crippen LogP contribution in [0.5, 0.6) is 5.75 Å². The number of hydrogen-bond acceptors (Lipinski definition) is 3. The number of aromatic hydroxyl groups is 1. The lowest BCUT2D eigenvalue weighted by Gasteiger charge is -2.14. The van der Waals surface area contributed by atoms with E-state index in [1.165, 1.54) is 0 Å². The molecule has 78 valence electrons. The molecule has 1 aromatic rings. The van der Waals surface area contributed by atoms with E-state index in [0.717, 1.165) is 0 Å². The van der Waals surface area contributed by atoms with Gasteiger partial charge in [0.2, 0.25) is 0 Å². The maximum Gasteiger partial charge on any atom is 0.121 e. The van der Waals surface area contributed by atoms with Gasteiger partial charge in [-0.3, -0.25) is 0 Å². The van der Waals surface area contributed by atoms with E-state index in [4.69, 9.17) is 4.74 Å². The van der Waals surface area contributed by atoms with Gasteiger partial charge in [-0.05, 0) is 19.9 Å². The first-order chi connectivity index (χ1) is 6.61. The zero-order valence-electron chi connectivity index (χ0n) is 8.47. The predicted molar refractivity (Wildman–Crippen MR) is 54.2 cm³/mol. The molecule has 0 radical (unpaired) electrons. The van der Waals surface area contributed by atoms with E-state index in [0.29, 0.717) is 5.56 Å². The van der Waals surface area contributed by atoms with E-state index in [1.807, 2.05) is 13.8 Å². The van der Waals surface area contributed by atoms with Crippen LogP contribution in [0.1, 0.15) is 25.5 Å². The summed E-state index contributed by atoms with van der Waals surface area (Å²) in [5.41, 5.74) is 0.508. The van der Waals surface area contributed by atoms with Crippen LogP contribution >= 0.6 is 0 Å². The number of phenolic OH excluding ortho intramolecular Hbond substituents is 1. The molecule has 0 heterocycles. The molecule has 1 unspecified atom stereocenters. The van der Waals surface area contributed by atoms with Crippen molar-refractivity contribution in [2.45, 2.75) is 26.1 Å². The smallest absolute Gasteiger partial charge is 0.121 e. The highest BCUT2D eigenvalue weighted by molar-refractivity contribution is 5.33. The molecule has 14 heavy (non-hydrogen) atoms. The molecule has 1 atom stereocenters. The zero-order chi connectivity index (χ0) is 10.6. The second-order valence-corrected chi connectivity index (χ2v) is 3.46. The number of phenols is 1. The van der Waals surface area contributed by atoms with Gasteiger partial charge in [-0.25, -0.2) is 0 Å². The van der Waals surface area contributed by atoms with Crippen molar-refractivity contribution in [1.29, 1.82) is 0 Å². The molecule has 0 spiro atoms. The SMILES string of the molecule is CC(C)OCC(O)c1ccccc1O. The summed E-state index contributed by atoms with van der Waals surface area (Å²) in [5, 5.41) is 19.1. The molecule has 0 aliphatic carbocycles. The number of ether oxygens (including phenoxy) is 1. The molecule has 0 aliphatic heterocycles. The molecule has 0 saturated carbocycles. The fourth-order valence-electron chi connectivity index (χ4n) is 1.14. The third-order valence-corrected chi connectivity index (χ3v) is 1.88. The van der Waals surface area contributed by atoms with Crippen LogP contribution < -0.4 is 0 Å². The Morgan fingerprint density at radius 3 is 2.50 bits per heavy atom. The highest BCUT2D eigenvalue weighted by Gasteiger charge is 2.11. The van der Waals surface area contributed by atoms with E-state index in [9.17, 15) is 10.2 Å². The fraction of sp³-hybridized carbons (Fsp3) is 0.455. The molecule has 0 aliphatic rings. The molecule has 3 nitrogen and oxygen atoms in total. The van der Waals surface area contributed by atoms with Crippen LogP contribution in [0.25, 0.3) is 0 Å². The van der Waals surface area contributed by atoms with Gasteiger partial charge in [0.1, 0.15) is 11.9 Å². The summed E-state index contributed by atoms with van der Waals surface area (Å²) < 4.78 is 5.25.